The Morgan fingerprint density at radius 1 is 1.03 bits per heavy atom. The van der Waals surface area contributed by atoms with Crippen LogP contribution in [0.25, 0.3) is 60.7 Å². The number of rotatable bonds is 7. The fourth-order valence-corrected chi connectivity index (χ4v) is 5.63. The van der Waals surface area contributed by atoms with Crippen molar-refractivity contribution in [3.8, 4) is 33.2 Å². The molecule has 1 aliphatic rings. The normalized spacial score (nSPS) is 13.3. The van der Waals surface area contributed by atoms with Crippen LogP contribution in [0, 0.1) is 5.92 Å². The van der Waals surface area contributed by atoms with E-state index in [1.165, 1.54) is 12.8 Å². The molecule has 7 nitrogen and oxygen atoms in total. The molecule has 1 fully saturated rings. The van der Waals surface area contributed by atoms with Gasteiger partial charge in [-0.3, -0.25) is 15.1 Å². The summed E-state index contributed by atoms with van der Waals surface area (Å²) < 4.78 is 0. The minimum atomic E-state index is 0.571. The number of thiophene rings is 1. The lowest BCUT2D eigenvalue weighted by Crippen LogP contribution is -2.00. The van der Waals surface area contributed by atoms with Gasteiger partial charge >= 0.3 is 0 Å². The van der Waals surface area contributed by atoms with E-state index in [9.17, 15) is 0 Å². The third kappa shape index (κ3) is 3.99. The third-order valence-electron chi connectivity index (χ3n) is 6.88. The maximum atomic E-state index is 5.00. The summed E-state index contributed by atoms with van der Waals surface area (Å²) in [5.41, 5.74) is 10.1. The lowest BCUT2D eigenvalue weighted by molar-refractivity contribution is 1.02. The molecule has 0 unspecified atom stereocenters. The minimum Gasteiger partial charge on any atom is -0.358 e. The first-order chi connectivity index (χ1) is 18.5. The van der Waals surface area contributed by atoms with Gasteiger partial charge in [0.15, 0.2) is 0 Å². The van der Waals surface area contributed by atoms with Gasteiger partial charge in [-0.15, -0.1) is 11.3 Å². The molecule has 0 radical (unpaired) electrons. The lowest BCUT2D eigenvalue weighted by Gasteiger charge is -2.09. The van der Waals surface area contributed by atoms with Gasteiger partial charge in [-0.25, -0.2) is 4.98 Å². The zero-order valence-electron chi connectivity index (χ0n) is 20.9. The molecule has 6 aromatic rings. The van der Waals surface area contributed by atoms with Gasteiger partial charge in [0.25, 0.3) is 0 Å². The lowest BCUT2D eigenvalue weighted by atomic mass is 10.1. The molecule has 0 amide bonds. The molecular formula is C30H25N7S. The van der Waals surface area contributed by atoms with E-state index < -0.39 is 0 Å². The fourth-order valence-electron chi connectivity index (χ4n) is 4.69. The Labute approximate surface area is 223 Å². The fraction of sp³-hybridized carbons (Fsp3) is 0.133. The Hall–Kier alpha value is -4.56. The quantitative estimate of drug-likeness (QED) is 0.203. The Bertz CT molecular complexity index is 1870. The molecule has 0 saturated heterocycles. The van der Waals surface area contributed by atoms with Crippen molar-refractivity contribution in [1.29, 1.82) is 0 Å². The van der Waals surface area contributed by atoms with Crippen molar-refractivity contribution < 1.29 is 0 Å². The van der Waals surface area contributed by atoms with Crippen LogP contribution in [0.5, 0.6) is 0 Å². The number of nitrogens with zero attached hydrogens (tertiary/aromatic N) is 4. The van der Waals surface area contributed by atoms with Gasteiger partial charge in [-0.05, 0) is 73.7 Å². The topological polar surface area (TPSA) is 95.2 Å². The maximum Gasteiger partial charge on any atom is 0.135 e. The van der Waals surface area contributed by atoms with Crippen molar-refractivity contribution in [2.24, 2.45) is 5.92 Å². The number of aromatic nitrogens is 6. The molecule has 3 N–H and O–H groups in total. The average molecular weight is 516 g/mol. The predicted octanol–water partition coefficient (Wildman–Crippen LogP) is 7.66. The van der Waals surface area contributed by atoms with Crippen molar-refractivity contribution in [3.05, 3.63) is 84.8 Å². The SMILES string of the molecule is C=C(C)c1ccc(-c2nccc3[nH]c(-c4n[nH]c5ccc(-c6cncc(NC(=C)C7CC7)c6)nc45)cc23)s1. The highest BCUT2D eigenvalue weighted by Crippen LogP contribution is 2.38. The molecule has 0 spiro atoms. The summed E-state index contributed by atoms with van der Waals surface area (Å²) in [4.78, 5) is 19.9. The van der Waals surface area contributed by atoms with Gasteiger partial charge in [0.2, 0.25) is 0 Å². The number of aromatic amines is 2. The van der Waals surface area contributed by atoms with Gasteiger partial charge in [0.1, 0.15) is 11.2 Å². The number of H-pyrrole nitrogens is 2. The highest BCUT2D eigenvalue weighted by Gasteiger charge is 2.24. The summed E-state index contributed by atoms with van der Waals surface area (Å²) in [5, 5.41) is 12.2. The summed E-state index contributed by atoms with van der Waals surface area (Å²) in [6.07, 6.45) is 7.90. The van der Waals surface area contributed by atoms with E-state index in [1.807, 2.05) is 43.7 Å². The third-order valence-corrected chi connectivity index (χ3v) is 8.13. The number of fused-ring (bicyclic) bond motifs is 2. The standard InChI is InChI=1S/C30H25N7S/c1-16(2)26-8-9-27(38-26)28-21-13-25(34-23(21)10-11-32-28)30-29-24(36-37-30)7-6-22(35-29)19-12-20(15-31-14-19)33-17(3)18-4-5-18/h6-15,18,33-34H,1,3-5H2,2H3,(H,36,37). The van der Waals surface area contributed by atoms with Crippen LogP contribution in [0.4, 0.5) is 5.69 Å². The summed E-state index contributed by atoms with van der Waals surface area (Å²) >= 11 is 1.70. The van der Waals surface area contributed by atoms with Crippen LogP contribution in [0.1, 0.15) is 24.6 Å². The van der Waals surface area contributed by atoms with Gasteiger partial charge < -0.3 is 10.3 Å². The van der Waals surface area contributed by atoms with Crippen molar-refractivity contribution in [3.63, 3.8) is 0 Å². The van der Waals surface area contributed by atoms with E-state index >= 15 is 0 Å². The van der Waals surface area contributed by atoms with Crippen LogP contribution >= 0.6 is 11.3 Å². The highest BCUT2D eigenvalue weighted by atomic mass is 32.1. The number of allylic oxidation sites excluding steroid dienone is 2. The van der Waals surface area contributed by atoms with E-state index in [-0.39, 0.29) is 0 Å². The molecule has 6 heterocycles. The summed E-state index contributed by atoms with van der Waals surface area (Å²) in [5.74, 6) is 0.571. The van der Waals surface area contributed by atoms with Gasteiger partial charge in [-0.1, -0.05) is 13.2 Å². The van der Waals surface area contributed by atoms with Crippen LogP contribution in [-0.2, 0) is 0 Å². The predicted molar refractivity (Wildman–Crippen MR) is 156 cm³/mol. The van der Waals surface area contributed by atoms with E-state index in [1.54, 1.807) is 11.3 Å². The average Bonchev–Trinajstić information content (AvgIpc) is 3.32. The molecule has 186 valence electrons. The van der Waals surface area contributed by atoms with Crippen LogP contribution in [-0.4, -0.2) is 30.1 Å². The van der Waals surface area contributed by atoms with Crippen molar-refractivity contribution in [2.75, 3.05) is 5.32 Å². The van der Waals surface area contributed by atoms with Crippen LogP contribution in [0.15, 0.2) is 79.9 Å². The number of hydrogen-bond donors (Lipinski definition) is 3. The summed E-state index contributed by atoms with van der Waals surface area (Å²) in [6, 6.07) is 14.4. The van der Waals surface area contributed by atoms with E-state index in [0.29, 0.717) is 5.92 Å². The summed E-state index contributed by atoms with van der Waals surface area (Å²) in [6.45, 7) is 10.3. The first-order valence-electron chi connectivity index (χ1n) is 12.5. The number of nitrogens with one attached hydrogen (secondary N) is 3. The number of hydrogen-bond acceptors (Lipinski definition) is 6. The van der Waals surface area contributed by atoms with E-state index in [2.05, 4.69) is 62.9 Å². The van der Waals surface area contributed by atoms with E-state index in [0.717, 1.165) is 77.0 Å². The Morgan fingerprint density at radius 2 is 1.92 bits per heavy atom. The molecule has 1 aliphatic carbocycles. The minimum absolute atomic E-state index is 0.571. The first-order valence-corrected chi connectivity index (χ1v) is 13.4. The Kier molecular flexibility index (Phi) is 5.23. The molecule has 0 aromatic carbocycles. The molecule has 0 atom stereocenters. The van der Waals surface area contributed by atoms with Crippen molar-refractivity contribution in [1.82, 2.24) is 30.1 Å². The van der Waals surface area contributed by atoms with Crippen molar-refractivity contribution in [2.45, 2.75) is 19.8 Å². The Morgan fingerprint density at radius 3 is 2.74 bits per heavy atom. The second-order valence-corrected chi connectivity index (χ2v) is 10.9. The molecule has 0 aliphatic heterocycles. The molecule has 1 saturated carbocycles. The second kappa shape index (κ2) is 8.78. The highest BCUT2D eigenvalue weighted by molar-refractivity contribution is 7.16. The van der Waals surface area contributed by atoms with Crippen molar-refractivity contribution >= 4 is 44.5 Å². The molecular weight excluding hydrogens is 490 g/mol. The largest absolute Gasteiger partial charge is 0.358 e. The van der Waals surface area contributed by atoms with E-state index in [4.69, 9.17) is 9.97 Å². The summed E-state index contributed by atoms with van der Waals surface area (Å²) in [7, 11) is 0. The van der Waals surface area contributed by atoms with Gasteiger partial charge in [0.05, 0.1) is 39.4 Å². The molecule has 6 aromatic heterocycles. The number of anilines is 1. The number of pyridine rings is 3. The monoisotopic (exact) mass is 515 g/mol. The smallest absolute Gasteiger partial charge is 0.135 e. The van der Waals surface area contributed by atoms with Crippen LogP contribution in [0.3, 0.4) is 0 Å². The zero-order chi connectivity index (χ0) is 25.8. The molecule has 0 bridgehead atoms. The molecule has 8 heteroatoms. The molecule has 7 rings (SSSR count). The van der Waals surface area contributed by atoms with Gasteiger partial charge in [0, 0.05) is 39.4 Å². The zero-order valence-corrected chi connectivity index (χ0v) is 21.7. The van der Waals surface area contributed by atoms with Crippen LogP contribution < -0.4 is 5.32 Å². The van der Waals surface area contributed by atoms with Crippen LogP contribution in [0.2, 0.25) is 0 Å². The Balaban J connectivity index is 1.27. The van der Waals surface area contributed by atoms with Gasteiger partial charge in [-0.2, -0.15) is 5.10 Å². The molecule has 38 heavy (non-hydrogen) atoms. The maximum absolute atomic E-state index is 5.00. The first kappa shape index (κ1) is 22.6. The second-order valence-electron chi connectivity index (χ2n) is 9.80.